The number of aryl methyl sites for hydroxylation is 1. The summed E-state index contributed by atoms with van der Waals surface area (Å²) in [5.74, 6) is 0.765. The first kappa shape index (κ1) is 8.49. The molecule has 0 aliphatic heterocycles. The fourth-order valence-electron chi connectivity index (χ4n) is 2.24. The van der Waals surface area contributed by atoms with Crippen LogP contribution in [0, 0.1) is 0 Å². The molecule has 1 heteroatoms. The highest BCUT2D eigenvalue weighted by molar-refractivity contribution is 5.96. The third-order valence-corrected chi connectivity index (χ3v) is 2.92. The molecule has 1 aromatic carbocycles. The van der Waals surface area contributed by atoms with E-state index >= 15 is 0 Å². The monoisotopic (exact) mass is 174 g/mol. The average molecular weight is 174 g/mol. The zero-order valence-corrected chi connectivity index (χ0v) is 8.13. The first-order valence-corrected chi connectivity index (χ1v) is 4.83. The quantitative estimate of drug-likeness (QED) is 0.598. The molecular weight excluding hydrogens is 160 g/mol. The minimum absolute atomic E-state index is 0.200. The van der Waals surface area contributed by atoms with Gasteiger partial charge in [0.15, 0.2) is 5.78 Å². The third kappa shape index (κ3) is 1.28. The molecule has 0 radical (unpaired) electrons. The highest BCUT2D eigenvalue weighted by atomic mass is 16.1. The Morgan fingerprint density at radius 3 is 2.92 bits per heavy atom. The Balaban J connectivity index is 2.60. The van der Waals surface area contributed by atoms with E-state index in [0.29, 0.717) is 5.92 Å². The molecule has 0 amide bonds. The van der Waals surface area contributed by atoms with E-state index < -0.39 is 0 Å². The van der Waals surface area contributed by atoms with Crippen LogP contribution in [0.25, 0.3) is 0 Å². The smallest absolute Gasteiger partial charge is 0.160 e. The maximum atomic E-state index is 11.4. The van der Waals surface area contributed by atoms with Crippen molar-refractivity contribution in [2.24, 2.45) is 0 Å². The van der Waals surface area contributed by atoms with Crippen LogP contribution in [-0.4, -0.2) is 5.78 Å². The third-order valence-electron chi connectivity index (χ3n) is 2.92. The number of hydrogen-bond acceptors (Lipinski definition) is 1. The van der Waals surface area contributed by atoms with Crippen LogP contribution in [0.5, 0.6) is 0 Å². The first-order chi connectivity index (χ1) is 6.20. The van der Waals surface area contributed by atoms with Crippen LogP contribution < -0.4 is 0 Å². The number of fused-ring (bicyclic) bond motifs is 1. The Labute approximate surface area is 78.8 Å². The van der Waals surface area contributed by atoms with Crippen molar-refractivity contribution in [1.82, 2.24) is 0 Å². The summed E-state index contributed by atoms with van der Waals surface area (Å²) < 4.78 is 0. The molecule has 0 N–H and O–H groups in total. The molecule has 1 aromatic rings. The molecule has 0 aromatic heterocycles. The van der Waals surface area contributed by atoms with Gasteiger partial charge >= 0.3 is 0 Å². The van der Waals surface area contributed by atoms with Crippen molar-refractivity contribution in [2.45, 2.75) is 32.6 Å². The number of carbonyl (C=O) groups excluding carboxylic acids is 1. The van der Waals surface area contributed by atoms with Crippen LogP contribution in [0.2, 0.25) is 0 Å². The predicted molar refractivity (Wildman–Crippen MR) is 53.2 cm³/mol. The van der Waals surface area contributed by atoms with Crippen molar-refractivity contribution < 1.29 is 4.79 Å². The lowest BCUT2D eigenvalue weighted by Crippen LogP contribution is -2.00. The lowest BCUT2D eigenvalue weighted by Gasteiger charge is -2.08. The Kier molecular flexibility index (Phi) is 1.95. The highest BCUT2D eigenvalue weighted by Gasteiger charge is 2.22. The molecule has 13 heavy (non-hydrogen) atoms. The van der Waals surface area contributed by atoms with E-state index in [4.69, 9.17) is 0 Å². The first-order valence-electron chi connectivity index (χ1n) is 4.83. The van der Waals surface area contributed by atoms with Gasteiger partial charge in [-0.2, -0.15) is 0 Å². The second-order valence-corrected chi connectivity index (χ2v) is 3.87. The second kappa shape index (κ2) is 2.99. The summed E-state index contributed by atoms with van der Waals surface area (Å²) in [6.07, 6.45) is 2.33. The summed E-state index contributed by atoms with van der Waals surface area (Å²) in [6, 6.07) is 6.09. The molecule has 1 atom stereocenters. The maximum absolute atomic E-state index is 11.4. The molecule has 0 fully saturated rings. The predicted octanol–water partition coefficient (Wildman–Crippen LogP) is 2.94. The largest absolute Gasteiger partial charge is 0.295 e. The van der Waals surface area contributed by atoms with Crippen molar-refractivity contribution >= 4 is 5.78 Å². The summed E-state index contributed by atoms with van der Waals surface area (Å²) in [5, 5.41) is 0. The van der Waals surface area contributed by atoms with Gasteiger partial charge in [0.25, 0.3) is 0 Å². The molecule has 0 heterocycles. The Morgan fingerprint density at radius 1 is 1.46 bits per heavy atom. The van der Waals surface area contributed by atoms with Crippen LogP contribution >= 0.6 is 0 Å². The minimum Gasteiger partial charge on any atom is -0.295 e. The average Bonchev–Trinajstić information content (AvgIpc) is 2.48. The molecule has 68 valence electrons. The van der Waals surface area contributed by atoms with E-state index in [9.17, 15) is 4.79 Å². The number of Topliss-reactive ketones (excluding diaryl/α,β-unsaturated/α-hetero) is 1. The van der Waals surface area contributed by atoms with Crippen LogP contribution in [0.3, 0.4) is 0 Å². The lowest BCUT2D eigenvalue weighted by molar-refractivity contribution is 0.101. The molecule has 1 aliphatic carbocycles. The fraction of sp³-hybridized carbons (Fsp3) is 0.417. The van der Waals surface area contributed by atoms with Crippen molar-refractivity contribution in [3.8, 4) is 0 Å². The normalized spacial score (nSPS) is 20.0. The van der Waals surface area contributed by atoms with Crippen LogP contribution in [0.15, 0.2) is 18.2 Å². The number of carbonyl (C=O) groups is 1. The lowest BCUT2D eigenvalue weighted by atomic mass is 9.95. The summed E-state index contributed by atoms with van der Waals surface area (Å²) in [7, 11) is 0. The molecule has 2 rings (SSSR count). The zero-order chi connectivity index (χ0) is 9.42. The fourth-order valence-corrected chi connectivity index (χ4v) is 2.24. The van der Waals surface area contributed by atoms with E-state index in [1.54, 1.807) is 6.92 Å². The van der Waals surface area contributed by atoms with Gasteiger partial charge < -0.3 is 0 Å². The molecule has 1 unspecified atom stereocenters. The second-order valence-electron chi connectivity index (χ2n) is 3.87. The minimum atomic E-state index is 0.200. The number of rotatable bonds is 1. The van der Waals surface area contributed by atoms with Crippen molar-refractivity contribution in [3.63, 3.8) is 0 Å². The molecular formula is C12H14O. The van der Waals surface area contributed by atoms with Crippen molar-refractivity contribution in [2.75, 3.05) is 0 Å². The SMILES string of the molecule is CC(=O)c1cccc2c1C(C)CC2. The van der Waals surface area contributed by atoms with Gasteiger partial charge in [-0.15, -0.1) is 0 Å². The Morgan fingerprint density at radius 2 is 2.23 bits per heavy atom. The molecule has 0 spiro atoms. The van der Waals surface area contributed by atoms with E-state index in [1.807, 2.05) is 12.1 Å². The van der Waals surface area contributed by atoms with E-state index in [2.05, 4.69) is 13.0 Å². The van der Waals surface area contributed by atoms with Crippen LogP contribution in [0.4, 0.5) is 0 Å². The molecule has 1 nitrogen and oxygen atoms in total. The van der Waals surface area contributed by atoms with Gasteiger partial charge in [-0.25, -0.2) is 0 Å². The number of benzene rings is 1. The topological polar surface area (TPSA) is 17.1 Å². The number of ketones is 1. The molecule has 1 aliphatic rings. The maximum Gasteiger partial charge on any atom is 0.160 e. The Bertz CT molecular complexity index is 352. The summed E-state index contributed by atoms with van der Waals surface area (Å²) in [4.78, 5) is 11.4. The van der Waals surface area contributed by atoms with Crippen LogP contribution in [0.1, 0.15) is 47.7 Å². The van der Waals surface area contributed by atoms with Gasteiger partial charge in [0.2, 0.25) is 0 Å². The zero-order valence-electron chi connectivity index (χ0n) is 8.13. The van der Waals surface area contributed by atoms with E-state index in [0.717, 1.165) is 12.0 Å². The van der Waals surface area contributed by atoms with Gasteiger partial charge in [-0.05, 0) is 36.8 Å². The number of hydrogen-bond donors (Lipinski definition) is 0. The van der Waals surface area contributed by atoms with Crippen molar-refractivity contribution in [1.29, 1.82) is 0 Å². The van der Waals surface area contributed by atoms with Gasteiger partial charge in [-0.1, -0.05) is 25.1 Å². The molecule has 0 saturated carbocycles. The van der Waals surface area contributed by atoms with Crippen molar-refractivity contribution in [3.05, 3.63) is 34.9 Å². The van der Waals surface area contributed by atoms with Gasteiger partial charge in [0, 0.05) is 5.56 Å². The van der Waals surface area contributed by atoms with Crippen LogP contribution in [-0.2, 0) is 6.42 Å². The van der Waals surface area contributed by atoms with E-state index in [-0.39, 0.29) is 5.78 Å². The van der Waals surface area contributed by atoms with Gasteiger partial charge in [-0.3, -0.25) is 4.79 Å². The summed E-state index contributed by atoms with van der Waals surface area (Å²) in [5.41, 5.74) is 3.61. The summed E-state index contributed by atoms with van der Waals surface area (Å²) in [6.45, 7) is 3.86. The van der Waals surface area contributed by atoms with Gasteiger partial charge in [0.1, 0.15) is 0 Å². The summed E-state index contributed by atoms with van der Waals surface area (Å²) >= 11 is 0. The Hall–Kier alpha value is -1.11. The highest BCUT2D eigenvalue weighted by Crippen LogP contribution is 2.35. The standard InChI is InChI=1S/C12H14O/c1-8-6-7-10-4-3-5-11(9(2)13)12(8)10/h3-5,8H,6-7H2,1-2H3. The molecule has 0 bridgehead atoms. The molecule has 0 saturated heterocycles. The van der Waals surface area contributed by atoms with E-state index in [1.165, 1.54) is 17.5 Å². The van der Waals surface area contributed by atoms with Gasteiger partial charge in [0.05, 0.1) is 0 Å².